The summed E-state index contributed by atoms with van der Waals surface area (Å²) in [5, 5.41) is 4.51. The zero-order valence-corrected chi connectivity index (χ0v) is 12.7. The molecule has 1 nitrogen and oxygen atoms in total. The Morgan fingerprint density at radius 2 is 1.90 bits per heavy atom. The molecule has 2 rings (SSSR count). The molecule has 0 bridgehead atoms. The van der Waals surface area contributed by atoms with Crippen LogP contribution in [0.15, 0.2) is 42.5 Å². The van der Waals surface area contributed by atoms with Crippen LogP contribution in [0.4, 0.5) is 4.39 Å². The van der Waals surface area contributed by atoms with Crippen molar-refractivity contribution in [3.8, 4) is 0 Å². The van der Waals surface area contributed by atoms with Gasteiger partial charge in [-0.3, -0.25) is 0 Å². The standard InChI is InChI=1S/C16H16Cl2FN/c1-2-16(12-6-7-14(17)15(18)9-12)20-10-11-4-3-5-13(19)8-11/h3-9,16,20H,2,10H2,1H3. The molecule has 0 spiro atoms. The van der Waals surface area contributed by atoms with Crippen LogP contribution in [0.3, 0.4) is 0 Å². The molecular formula is C16H16Cl2FN. The molecule has 4 heteroatoms. The van der Waals surface area contributed by atoms with Crippen LogP contribution in [0.1, 0.15) is 30.5 Å². The van der Waals surface area contributed by atoms with E-state index in [1.54, 1.807) is 12.1 Å². The lowest BCUT2D eigenvalue weighted by Crippen LogP contribution is -2.20. The van der Waals surface area contributed by atoms with Crippen LogP contribution in [0.25, 0.3) is 0 Å². The number of benzene rings is 2. The second kappa shape index (κ2) is 7.07. The van der Waals surface area contributed by atoms with Crippen molar-refractivity contribution in [2.75, 3.05) is 0 Å². The van der Waals surface area contributed by atoms with Crippen molar-refractivity contribution >= 4 is 23.2 Å². The normalized spacial score (nSPS) is 12.4. The van der Waals surface area contributed by atoms with Crippen LogP contribution < -0.4 is 5.32 Å². The molecule has 2 aromatic carbocycles. The minimum absolute atomic E-state index is 0.160. The summed E-state index contributed by atoms with van der Waals surface area (Å²) in [6.45, 7) is 2.70. The predicted molar refractivity (Wildman–Crippen MR) is 82.7 cm³/mol. The summed E-state index contributed by atoms with van der Waals surface area (Å²) in [7, 11) is 0. The summed E-state index contributed by atoms with van der Waals surface area (Å²) in [6, 6.07) is 12.4. The van der Waals surface area contributed by atoms with Gasteiger partial charge in [0.2, 0.25) is 0 Å². The first kappa shape index (κ1) is 15.3. The van der Waals surface area contributed by atoms with E-state index in [1.165, 1.54) is 12.1 Å². The van der Waals surface area contributed by atoms with Gasteiger partial charge in [-0.25, -0.2) is 4.39 Å². The SMILES string of the molecule is CCC(NCc1cccc(F)c1)c1ccc(Cl)c(Cl)c1. The molecule has 0 heterocycles. The van der Waals surface area contributed by atoms with E-state index in [2.05, 4.69) is 12.2 Å². The predicted octanol–water partition coefficient (Wildman–Crippen LogP) is 5.37. The zero-order chi connectivity index (χ0) is 14.5. The lowest BCUT2D eigenvalue weighted by molar-refractivity contribution is 0.517. The van der Waals surface area contributed by atoms with Gasteiger partial charge in [0.15, 0.2) is 0 Å². The number of hydrogen-bond acceptors (Lipinski definition) is 1. The Bertz CT molecular complexity index is 586. The lowest BCUT2D eigenvalue weighted by Gasteiger charge is -2.18. The highest BCUT2D eigenvalue weighted by atomic mass is 35.5. The van der Waals surface area contributed by atoms with Crippen molar-refractivity contribution in [1.82, 2.24) is 5.32 Å². The largest absolute Gasteiger partial charge is 0.306 e. The van der Waals surface area contributed by atoms with Gasteiger partial charge in [0.1, 0.15) is 5.82 Å². The smallest absolute Gasteiger partial charge is 0.123 e. The summed E-state index contributed by atoms with van der Waals surface area (Å²) in [5.41, 5.74) is 2.00. The summed E-state index contributed by atoms with van der Waals surface area (Å²) in [6.07, 6.45) is 0.910. The quantitative estimate of drug-likeness (QED) is 0.782. The monoisotopic (exact) mass is 311 g/mol. The van der Waals surface area contributed by atoms with E-state index < -0.39 is 0 Å². The summed E-state index contributed by atoms with van der Waals surface area (Å²) in [4.78, 5) is 0. The molecule has 106 valence electrons. The van der Waals surface area contributed by atoms with Crippen LogP contribution >= 0.6 is 23.2 Å². The summed E-state index contributed by atoms with van der Waals surface area (Å²) in [5.74, 6) is -0.216. The second-order valence-corrected chi connectivity index (χ2v) is 5.46. The first-order valence-electron chi connectivity index (χ1n) is 6.53. The third-order valence-electron chi connectivity index (χ3n) is 3.20. The molecule has 0 aliphatic carbocycles. The van der Waals surface area contributed by atoms with Crippen molar-refractivity contribution in [3.63, 3.8) is 0 Å². The molecule has 2 aromatic rings. The first-order valence-corrected chi connectivity index (χ1v) is 7.28. The maximum atomic E-state index is 13.1. The van der Waals surface area contributed by atoms with E-state index in [4.69, 9.17) is 23.2 Å². The fourth-order valence-corrected chi connectivity index (χ4v) is 2.42. The molecule has 0 radical (unpaired) electrons. The Morgan fingerprint density at radius 3 is 2.55 bits per heavy atom. The Morgan fingerprint density at radius 1 is 1.10 bits per heavy atom. The van der Waals surface area contributed by atoms with E-state index in [9.17, 15) is 4.39 Å². The fourth-order valence-electron chi connectivity index (χ4n) is 2.11. The van der Waals surface area contributed by atoms with Crippen LogP contribution in [0.2, 0.25) is 10.0 Å². The molecule has 0 saturated heterocycles. The van der Waals surface area contributed by atoms with Crippen molar-refractivity contribution in [2.45, 2.75) is 25.9 Å². The Hall–Kier alpha value is -1.09. The Kier molecular flexibility index (Phi) is 5.41. The van der Waals surface area contributed by atoms with E-state index >= 15 is 0 Å². The topological polar surface area (TPSA) is 12.0 Å². The maximum Gasteiger partial charge on any atom is 0.123 e. The maximum absolute atomic E-state index is 13.1. The van der Waals surface area contributed by atoms with Gasteiger partial charge in [0.25, 0.3) is 0 Å². The van der Waals surface area contributed by atoms with E-state index in [0.717, 1.165) is 17.5 Å². The van der Waals surface area contributed by atoms with Gasteiger partial charge in [0.05, 0.1) is 10.0 Å². The highest BCUT2D eigenvalue weighted by Crippen LogP contribution is 2.27. The molecule has 1 atom stereocenters. The third-order valence-corrected chi connectivity index (χ3v) is 3.93. The second-order valence-electron chi connectivity index (χ2n) is 4.65. The minimum Gasteiger partial charge on any atom is -0.306 e. The third kappa shape index (κ3) is 3.95. The number of hydrogen-bond donors (Lipinski definition) is 1. The van der Waals surface area contributed by atoms with Crippen molar-refractivity contribution in [3.05, 3.63) is 69.5 Å². The van der Waals surface area contributed by atoms with Gasteiger partial charge < -0.3 is 5.32 Å². The summed E-state index contributed by atoms with van der Waals surface area (Å²) < 4.78 is 13.1. The Labute approximate surface area is 128 Å². The molecule has 0 fully saturated rings. The Balaban J connectivity index is 2.07. The van der Waals surface area contributed by atoms with Gasteiger partial charge in [0, 0.05) is 12.6 Å². The zero-order valence-electron chi connectivity index (χ0n) is 11.2. The minimum atomic E-state index is -0.216. The van der Waals surface area contributed by atoms with Crippen LogP contribution in [0.5, 0.6) is 0 Å². The molecule has 20 heavy (non-hydrogen) atoms. The molecule has 1 unspecified atom stereocenters. The molecule has 1 N–H and O–H groups in total. The number of halogens is 3. The van der Waals surface area contributed by atoms with Crippen LogP contribution in [-0.4, -0.2) is 0 Å². The molecule has 0 amide bonds. The summed E-state index contributed by atoms with van der Waals surface area (Å²) >= 11 is 12.0. The molecule has 0 saturated carbocycles. The van der Waals surface area contributed by atoms with Gasteiger partial charge in [-0.2, -0.15) is 0 Å². The van der Waals surface area contributed by atoms with Crippen molar-refractivity contribution in [1.29, 1.82) is 0 Å². The van der Waals surface area contributed by atoms with E-state index in [1.807, 2.05) is 18.2 Å². The van der Waals surface area contributed by atoms with E-state index in [-0.39, 0.29) is 11.9 Å². The average Bonchev–Trinajstić information content (AvgIpc) is 2.43. The van der Waals surface area contributed by atoms with Crippen molar-refractivity contribution < 1.29 is 4.39 Å². The molecular weight excluding hydrogens is 296 g/mol. The van der Waals surface area contributed by atoms with Crippen LogP contribution in [-0.2, 0) is 6.54 Å². The van der Waals surface area contributed by atoms with Gasteiger partial charge in [-0.1, -0.05) is 48.3 Å². The first-order chi connectivity index (χ1) is 9.60. The lowest BCUT2D eigenvalue weighted by atomic mass is 10.0. The highest BCUT2D eigenvalue weighted by Gasteiger charge is 2.10. The number of nitrogens with one attached hydrogen (secondary N) is 1. The average molecular weight is 312 g/mol. The van der Waals surface area contributed by atoms with Gasteiger partial charge in [-0.05, 0) is 41.8 Å². The molecule has 0 aliphatic heterocycles. The van der Waals surface area contributed by atoms with Crippen LogP contribution in [0, 0.1) is 5.82 Å². The van der Waals surface area contributed by atoms with E-state index in [0.29, 0.717) is 16.6 Å². The van der Waals surface area contributed by atoms with Gasteiger partial charge in [-0.15, -0.1) is 0 Å². The fraction of sp³-hybridized carbons (Fsp3) is 0.250. The molecule has 0 aliphatic rings. The van der Waals surface area contributed by atoms with Gasteiger partial charge >= 0.3 is 0 Å². The number of rotatable bonds is 5. The molecule has 0 aromatic heterocycles. The highest BCUT2D eigenvalue weighted by molar-refractivity contribution is 6.42. The van der Waals surface area contributed by atoms with Crippen molar-refractivity contribution in [2.24, 2.45) is 0 Å².